The second-order valence-electron chi connectivity index (χ2n) is 4.53. The molecule has 0 unspecified atom stereocenters. The molecule has 0 aliphatic heterocycles. The molecule has 2 rings (SSSR count). The third-order valence-corrected chi connectivity index (χ3v) is 3.08. The summed E-state index contributed by atoms with van der Waals surface area (Å²) < 4.78 is 7.29. The number of hydrogen-bond acceptors (Lipinski definition) is 3. The van der Waals surface area contributed by atoms with Crippen LogP contribution < -0.4 is 5.32 Å². The van der Waals surface area contributed by atoms with Crippen molar-refractivity contribution in [1.82, 2.24) is 14.9 Å². The summed E-state index contributed by atoms with van der Waals surface area (Å²) in [7, 11) is 1.72. The van der Waals surface area contributed by atoms with Crippen LogP contribution in [0.15, 0.2) is 36.8 Å². The van der Waals surface area contributed by atoms with Gasteiger partial charge in [0.1, 0.15) is 0 Å². The summed E-state index contributed by atoms with van der Waals surface area (Å²) in [6, 6.07) is 8.46. The summed E-state index contributed by atoms with van der Waals surface area (Å²) in [6.07, 6.45) is 3.79. The fourth-order valence-electron chi connectivity index (χ4n) is 2.11. The first-order chi connectivity index (χ1) is 9.33. The Morgan fingerprint density at radius 3 is 2.89 bits per heavy atom. The van der Waals surface area contributed by atoms with Crippen LogP contribution in [0.1, 0.15) is 23.7 Å². The highest BCUT2D eigenvalue weighted by Crippen LogP contribution is 2.07. The van der Waals surface area contributed by atoms with E-state index >= 15 is 0 Å². The Morgan fingerprint density at radius 1 is 1.26 bits per heavy atom. The van der Waals surface area contributed by atoms with Crippen molar-refractivity contribution in [1.29, 1.82) is 0 Å². The van der Waals surface area contributed by atoms with E-state index in [1.54, 1.807) is 7.11 Å². The molecule has 0 saturated heterocycles. The minimum atomic E-state index is 0.663. The van der Waals surface area contributed by atoms with Gasteiger partial charge in [0.25, 0.3) is 0 Å². The van der Waals surface area contributed by atoms with Crippen LogP contribution in [0.4, 0.5) is 0 Å². The molecule has 1 N–H and O–H groups in total. The van der Waals surface area contributed by atoms with E-state index in [0.717, 1.165) is 19.6 Å². The van der Waals surface area contributed by atoms with Gasteiger partial charge in [0, 0.05) is 32.9 Å². The molecule has 1 aromatic heterocycles. The molecule has 1 aromatic carbocycles. The summed E-state index contributed by atoms with van der Waals surface area (Å²) in [5, 5.41) is 3.45. The first-order valence-corrected chi connectivity index (χ1v) is 6.60. The highest BCUT2D eigenvalue weighted by Gasteiger charge is 2.00. The first-order valence-electron chi connectivity index (χ1n) is 6.60. The maximum atomic E-state index is 5.14. The van der Waals surface area contributed by atoms with E-state index in [2.05, 4.69) is 46.1 Å². The van der Waals surface area contributed by atoms with Crippen LogP contribution in [0.2, 0.25) is 0 Å². The number of nitrogens with zero attached hydrogens (tertiary/aromatic N) is 2. The van der Waals surface area contributed by atoms with Crippen LogP contribution in [0, 0.1) is 0 Å². The number of imidazole rings is 1. The molecule has 0 fully saturated rings. The molecular formula is C15H21N3O. The lowest BCUT2D eigenvalue weighted by Gasteiger charge is -2.08. The van der Waals surface area contributed by atoms with Crippen molar-refractivity contribution in [2.24, 2.45) is 0 Å². The molecule has 0 radical (unpaired) electrons. The quantitative estimate of drug-likeness (QED) is 0.829. The topological polar surface area (TPSA) is 39.1 Å². The largest absolute Gasteiger partial charge is 0.380 e. The van der Waals surface area contributed by atoms with Crippen molar-refractivity contribution in [2.75, 3.05) is 7.11 Å². The molecule has 0 amide bonds. The van der Waals surface area contributed by atoms with Crippen molar-refractivity contribution in [3.8, 4) is 0 Å². The molecule has 0 atom stereocenters. The number of nitrogens with one attached hydrogen (secondary N) is 1. The maximum Gasteiger partial charge on any atom is 0.0948 e. The predicted molar refractivity (Wildman–Crippen MR) is 75.6 cm³/mol. The zero-order valence-electron chi connectivity index (χ0n) is 11.6. The number of aromatic nitrogens is 2. The van der Waals surface area contributed by atoms with Gasteiger partial charge in [-0.3, -0.25) is 0 Å². The second-order valence-corrected chi connectivity index (χ2v) is 4.53. The Labute approximate surface area is 114 Å². The molecule has 1 heterocycles. The number of aryl methyl sites for hydroxylation is 1. The van der Waals surface area contributed by atoms with E-state index in [4.69, 9.17) is 4.74 Å². The fourth-order valence-corrected chi connectivity index (χ4v) is 2.11. The Balaban J connectivity index is 1.87. The fraction of sp³-hybridized carbons (Fsp3) is 0.400. The number of hydrogen-bond donors (Lipinski definition) is 1. The monoisotopic (exact) mass is 259 g/mol. The van der Waals surface area contributed by atoms with Gasteiger partial charge in [-0.25, -0.2) is 4.98 Å². The highest BCUT2D eigenvalue weighted by atomic mass is 16.5. The van der Waals surface area contributed by atoms with Crippen molar-refractivity contribution in [3.05, 3.63) is 53.6 Å². The second kappa shape index (κ2) is 7.07. The Kier molecular flexibility index (Phi) is 5.12. The first kappa shape index (κ1) is 13.8. The molecular weight excluding hydrogens is 238 g/mol. The number of methoxy groups -OCH3 is 1. The van der Waals surface area contributed by atoms with Gasteiger partial charge in [0.15, 0.2) is 0 Å². The van der Waals surface area contributed by atoms with Crippen molar-refractivity contribution < 1.29 is 4.74 Å². The lowest BCUT2D eigenvalue weighted by Crippen LogP contribution is -2.15. The van der Waals surface area contributed by atoms with E-state index in [1.807, 2.05) is 12.5 Å². The van der Waals surface area contributed by atoms with Crippen molar-refractivity contribution in [2.45, 2.75) is 33.2 Å². The molecule has 2 aromatic rings. The highest BCUT2D eigenvalue weighted by molar-refractivity contribution is 5.22. The van der Waals surface area contributed by atoms with Crippen LogP contribution in [0.5, 0.6) is 0 Å². The molecule has 4 nitrogen and oxygen atoms in total. The summed E-state index contributed by atoms with van der Waals surface area (Å²) in [4.78, 5) is 4.16. The van der Waals surface area contributed by atoms with Gasteiger partial charge in [0.05, 0.1) is 18.6 Å². The molecule has 0 aliphatic carbocycles. The Hall–Kier alpha value is -1.65. The van der Waals surface area contributed by atoms with E-state index in [0.29, 0.717) is 6.61 Å². The average Bonchev–Trinajstić information content (AvgIpc) is 2.87. The normalized spacial score (nSPS) is 10.8. The summed E-state index contributed by atoms with van der Waals surface area (Å²) in [5.41, 5.74) is 3.70. The number of ether oxygens (including phenoxy) is 1. The lowest BCUT2D eigenvalue weighted by atomic mass is 10.1. The standard InChI is InChI=1S/C15H21N3O/c1-3-18-12-17-10-15(18)9-16-8-13-5-4-6-14(7-13)11-19-2/h4-7,10,12,16H,3,8-9,11H2,1-2H3. The molecule has 0 aliphatic rings. The van der Waals surface area contributed by atoms with Crippen LogP contribution >= 0.6 is 0 Å². The third-order valence-electron chi connectivity index (χ3n) is 3.08. The molecule has 102 valence electrons. The molecule has 0 bridgehead atoms. The summed E-state index contributed by atoms with van der Waals surface area (Å²) in [5.74, 6) is 0. The van der Waals surface area contributed by atoms with Crippen LogP contribution in [-0.4, -0.2) is 16.7 Å². The maximum absolute atomic E-state index is 5.14. The summed E-state index contributed by atoms with van der Waals surface area (Å²) in [6.45, 7) is 5.44. The molecule has 0 saturated carbocycles. The van der Waals surface area contributed by atoms with E-state index in [1.165, 1.54) is 16.8 Å². The van der Waals surface area contributed by atoms with Crippen LogP contribution in [0.25, 0.3) is 0 Å². The van der Waals surface area contributed by atoms with Crippen LogP contribution in [-0.2, 0) is 31.0 Å². The van der Waals surface area contributed by atoms with Gasteiger partial charge >= 0.3 is 0 Å². The van der Waals surface area contributed by atoms with E-state index in [9.17, 15) is 0 Å². The van der Waals surface area contributed by atoms with E-state index < -0.39 is 0 Å². The third kappa shape index (κ3) is 3.91. The van der Waals surface area contributed by atoms with E-state index in [-0.39, 0.29) is 0 Å². The number of benzene rings is 1. The minimum absolute atomic E-state index is 0.663. The molecule has 19 heavy (non-hydrogen) atoms. The molecule has 4 heteroatoms. The lowest BCUT2D eigenvalue weighted by molar-refractivity contribution is 0.185. The summed E-state index contributed by atoms with van der Waals surface area (Å²) >= 11 is 0. The Morgan fingerprint density at radius 2 is 2.11 bits per heavy atom. The zero-order valence-corrected chi connectivity index (χ0v) is 11.6. The van der Waals surface area contributed by atoms with Crippen molar-refractivity contribution >= 4 is 0 Å². The van der Waals surface area contributed by atoms with Gasteiger partial charge < -0.3 is 14.6 Å². The Bertz CT molecular complexity index is 508. The SMILES string of the molecule is CCn1cncc1CNCc1cccc(COC)c1. The zero-order chi connectivity index (χ0) is 13.5. The van der Waals surface area contributed by atoms with Gasteiger partial charge in [-0.05, 0) is 18.1 Å². The predicted octanol–water partition coefficient (Wildman–Crippen LogP) is 2.34. The van der Waals surface area contributed by atoms with Gasteiger partial charge in [-0.2, -0.15) is 0 Å². The average molecular weight is 259 g/mol. The minimum Gasteiger partial charge on any atom is -0.380 e. The van der Waals surface area contributed by atoms with Gasteiger partial charge in [-0.1, -0.05) is 24.3 Å². The molecule has 0 spiro atoms. The van der Waals surface area contributed by atoms with Crippen LogP contribution in [0.3, 0.4) is 0 Å². The smallest absolute Gasteiger partial charge is 0.0948 e. The van der Waals surface area contributed by atoms with Gasteiger partial charge in [0.2, 0.25) is 0 Å². The van der Waals surface area contributed by atoms with Crippen molar-refractivity contribution in [3.63, 3.8) is 0 Å². The van der Waals surface area contributed by atoms with Gasteiger partial charge in [-0.15, -0.1) is 0 Å². The number of rotatable bonds is 7.